The average molecular weight is 478 g/mol. The number of benzene rings is 1. The van der Waals surface area contributed by atoms with Crippen LogP contribution in [0.3, 0.4) is 0 Å². The van der Waals surface area contributed by atoms with Crippen LogP contribution in [0, 0.1) is 12.8 Å². The predicted octanol–water partition coefficient (Wildman–Crippen LogP) is 3.07. The molecule has 1 saturated carbocycles. The van der Waals surface area contributed by atoms with Gasteiger partial charge < -0.3 is 11.1 Å². The molecule has 0 unspecified atom stereocenters. The van der Waals surface area contributed by atoms with E-state index < -0.39 is 0 Å². The summed E-state index contributed by atoms with van der Waals surface area (Å²) in [5.74, 6) is 0.663. The van der Waals surface area contributed by atoms with Crippen LogP contribution in [0.1, 0.15) is 43.4 Å². The number of rotatable bonds is 8. The van der Waals surface area contributed by atoms with Gasteiger partial charge in [-0.25, -0.2) is 14.6 Å². The molecule has 0 bridgehead atoms. The van der Waals surface area contributed by atoms with Gasteiger partial charge in [-0.05, 0) is 54.2 Å². The molecule has 1 amide bonds. The van der Waals surface area contributed by atoms with Gasteiger partial charge in [0.1, 0.15) is 5.84 Å². The Morgan fingerprint density at radius 1 is 1.40 bits per heavy atom. The van der Waals surface area contributed by atoms with Gasteiger partial charge in [0, 0.05) is 23.4 Å². The first kappa shape index (κ1) is 21.9. The zero-order valence-electron chi connectivity index (χ0n) is 16.6. The Bertz CT molecular complexity index is 953. The highest BCUT2D eigenvalue weighted by Gasteiger charge is 2.25. The summed E-state index contributed by atoms with van der Waals surface area (Å²) < 4.78 is 5.68. The SMILES string of the molecule is Cc1ccc(N=C(NO)c2nonc2NCCCC(N)=NC(=O)C2CCC2)cc1Br. The Labute approximate surface area is 182 Å². The Morgan fingerprint density at radius 2 is 2.20 bits per heavy atom. The normalized spacial score (nSPS) is 15.0. The summed E-state index contributed by atoms with van der Waals surface area (Å²) in [6.07, 6.45) is 3.99. The maximum absolute atomic E-state index is 11.8. The van der Waals surface area contributed by atoms with E-state index in [1.54, 1.807) is 0 Å². The van der Waals surface area contributed by atoms with Crippen LogP contribution in [0.15, 0.2) is 37.3 Å². The van der Waals surface area contributed by atoms with Crippen molar-refractivity contribution in [1.82, 2.24) is 15.8 Å². The van der Waals surface area contributed by atoms with Crippen molar-refractivity contribution in [3.05, 3.63) is 33.9 Å². The fraction of sp³-hybridized carbons (Fsp3) is 0.421. The largest absolute Gasteiger partial charge is 0.387 e. The summed E-state index contributed by atoms with van der Waals surface area (Å²) in [7, 11) is 0. The molecule has 1 aromatic carbocycles. The molecule has 5 N–H and O–H groups in total. The van der Waals surface area contributed by atoms with E-state index in [9.17, 15) is 10.0 Å². The molecule has 0 spiro atoms. The molecule has 1 aliphatic rings. The van der Waals surface area contributed by atoms with Crippen molar-refractivity contribution in [2.24, 2.45) is 21.6 Å². The van der Waals surface area contributed by atoms with Gasteiger partial charge in [0.15, 0.2) is 11.5 Å². The lowest BCUT2D eigenvalue weighted by Crippen LogP contribution is -2.24. The number of carbonyl (C=O) groups excluding carboxylic acids is 1. The van der Waals surface area contributed by atoms with Gasteiger partial charge in [0.2, 0.25) is 11.7 Å². The van der Waals surface area contributed by atoms with Crippen molar-refractivity contribution in [3.8, 4) is 0 Å². The lowest BCUT2D eigenvalue weighted by atomic mass is 9.85. The van der Waals surface area contributed by atoms with Crippen LogP contribution < -0.4 is 16.5 Å². The molecule has 10 nitrogen and oxygen atoms in total. The van der Waals surface area contributed by atoms with Crippen molar-refractivity contribution < 1.29 is 14.6 Å². The minimum atomic E-state index is -0.118. The van der Waals surface area contributed by atoms with Gasteiger partial charge in [0.25, 0.3) is 0 Å². The number of hydrogen-bond acceptors (Lipinski definition) is 7. The zero-order valence-corrected chi connectivity index (χ0v) is 18.1. The van der Waals surface area contributed by atoms with E-state index in [2.05, 4.69) is 41.5 Å². The smallest absolute Gasteiger partial charge is 0.250 e. The van der Waals surface area contributed by atoms with Gasteiger partial charge in [-0.15, -0.1) is 0 Å². The molecule has 30 heavy (non-hydrogen) atoms. The number of amides is 1. The average Bonchev–Trinajstić information content (AvgIpc) is 3.13. The minimum Gasteiger partial charge on any atom is -0.387 e. The number of nitrogens with zero attached hydrogens (tertiary/aromatic N) is 4. The number of anilines is 1. The maximum Gasteiger partial charge on any atom is 0.250 e. The molecule has 11 heteroatoms. The third-order valence-corrected chi connectivity index (χ3v) is 5.68. The predicted molar refractivity (Wildman–Crippen MR) is 116 cm³/mol. The molecule has 1 fully saturated rings. The number of hydrogen-bond donors (Lipinski definition) is 4. The van der Waals surface area contributed by atoms with Crippen molar-refractivity contribution in [2.45, 2.75) is 39.0 Å². The zero-order chi connectivity index (χ0) is 21.5. The highest BCUT2D eigenvalue weighted by Crippen LogP contribution is 2.27. The van der Waals surface area contributed by atoms with Gasteiger partial charge in [-0.2, -0.15) is 0 Å². The summed E-state index contributed by atoms with van der Waals surface area (Å²) in [5, 5.41) is 20.2. The maximum atomic E-state index is 11.8. The Morgan fingerprint density at radius 3 is 2.87 bits per heavy atom. The quantitative estimate of drug-likeness (QED) is 0.196. The Kier molecular flexibility index (Phi) is 7.52. The van der Waals surface area contributed by atoms with E-state index in [0.29, 0.717) is 36.7 Å². The summed E-state index contributed by atoms with van der Waals surface area (Å²) in [6, 6.07) is 5.53. The molecule has 0 atom stereocenters. The number of nitrogens with two attached hydrogens (primary N) is 1. The number of carbonyl (C=O) groups is 1. The highest BCUT2D eigenvalue weighted by molar-refractivity contribution is 9.10. The van der Waals surface area contributed by atoms with Crippen molar-refractivity contribution >= 4 is 45.0 Å². The van der Waals surface area contributed by atoms with Crippen molar-refractivity contribution in [1.29, 1.82) is 0 Å². The molecular weight excluding hydrogens is 454 g/mol. The second-order valence-electron chi connectivity index (χ2n) is 7.07. The van der Waals surface area contributed by atoms with Crippen LogP contribution >= 0.6 is 15.9 Å². The summed E-state index contributed by atoms with van der Waals surface area (Å²) in [5.41, 5.74) is 9.79. The molecule has 1 aliphatic carbocycles. The number of aryl methyl sites for hydroxylation is 1. The van der Waals surface area contributed by atoms with E-state index >= 15 is 0 Å². The van der Waals surface area contributed by atoms with Crippen LogP contribution in [-0.2, 0) is 4.79 Å². The Balaban J connectivity index is 1.57. The molecule has 160 valence electrons. The molecule has 3 rings (SSSR count). The molecule has 1 aromatic heterocycles. The first-order valence-corrected chi connectivity index (χ1v) is 10.5. The van der Waals surface area contributed by atoms with E-state index in [1.165, 1.54) is 0 Å². The number of amidine groups is 2. The fourth-order valence-corrected chi connectivity index (χ4v) is 3.16. The summed E-state index contributed by atoms with van der Waals surface area (Å²) >= 11 is 3.45. The molecular formula is C19H24BrN7O3. The Hall–Kier alpha value is -2.79. The van der Waals surface area contributed by atoms with Crippen LogP contribution in [0.25, 0.3) is 0 Å². The first-order chi connectivity index (χ1) is 14.5. The summed E-state index contributed by atoms with van der Waals surface area (Å²) in [4.78, 5) is 20.2. The third-order valence-electron chi connectivity index (χ3n) is 4.83. The molecule has 0 radical (unpaired) electrons. The number of hydroxylamine groups is 1. The lowest BCUT2D eigenvalue weighted by molar-refractivity contribution is -0.123. The second kappa shape index (κ2) is 10.3. The van der Waals surface area contributed by atoms with E-state index in [0.717, 1.165) is 29.3 Å². The van der Waals surface area contributed by atoms with E-state index in [4.69, 9.17) is 10.4 Å². The van der Waals surface area contributed by atoms with Gasteiger partial charge >= 0.3 is 0 Å². The number of aliphatic imine (C=N–C) groups is 2. The summed E-state index contributed by atoms with van der Waals surface area (Å²) in [6.45, 7) is 2.46. The van der Waals surface area contributed by atoms with E-state index in [-0.39, 0.29) is 23.4 Å². The van der Waals surface area contributed by atoms with Gasteiger partial charge in [0.05, 0.1) is 5.69 Å². The lowest BCUT2D eigenvalue weighted by Gasteiger charge is -2.21. The standard InChI is InChI=1S/C19H24BrN7O3/c1-11-7-8-13(10-14(11)20)23-18(25-29)16-17(27-30-26-16)22-9-3-6-15(21)24-19(28)12-4-2-5-12/h7-8,10,12,29H,2-6,9H2,1H3,(H,22,27)(H,23,25)(H2,21,24,28). The van der Waals surface area contributed by atoms with Crippen LogP contribution in [0.2, 0.25) is 0 Å². The van der Waals surface area contributed by atoms with Crippen molar-refractivity contribution in [3.63, 3.8) is 0 Å². The number of aromatic nitrogens is 2. The van der Waals surface area contributed by atoms with Crippen molar-refractivity contribution in [2.75, 3.05) is 11.9 Å². The van der Waals surface area contributed by atoms with Gasteiger partial charge in [-0.1, -0.05) is 28.4 Å². The molecule has 1 heterocycles. The fourth-order valence-electron chi connectivity index (χ4n) is 2.79. The third kappa shape index (κ3) is 5.63. The number of nitrogens with one attached hydrogen (secondary N) is 2. The van der Waals surface area contributed by atoms with E-state index in [1.807, 2.05) is 30.6 Å². The first-order valence-electron chi connectivity index (χ1n) is 9.66. The minimum absolute atomic E-state index is 0.0447. The molecule has 0 aliphatic heterocycles. The molecule has 0 saturated heterocycles. The van der Waals surface area contributed by atoms with Crippen LogP contribution in [-0.4, -0.2) is 39.6 Å². The topological polar surface area (TPSA) is 151 Å². The number of halogens is 1. The monoisotopic (exact) mass is 477 g/mol. The molecule has 2 aromatic rings. The van der Waals surface area contributed by atoms with Crippen LogP contribution in [0.4, 0.5) is 11.5 Å². The highest BCUT2D eigenvalue weighted by atomic mass is 79.9. The van der Waals surface area contributed by atoms with Gasteiger partial charge in [-0.3, -0.25) is 15.5 Å². The second-order valence-corrected chi connectivity index (χ2v) is 7.92. The van der Waals surface area contributed by atoms with Crippen LogP contribution in [0.5, 0.6) is 0 Å².